The quantitative estimate of drug-likeness (QED) is 0.899. The Morgan fingerprint density at radius 2 is 2.33 bits per heavy atom. The maximum Gasteiger partial charge on any atom is 0.313 e. The number of hydrogen-bond acceptors (Lipinski definition) is 6. The largest absolute Gasteiger partial charge is 0.481 e. The highest BCUT2D eigenvalue weighted by atomic mass is 79.9. The summed E-state index contributed by atoms with van der Waals surface area (Å²) in [5.74, 6) is 0.360. The second-order valence-corrected chi connectivity index (χ2v) is 5.19. The number of hydrogen-bond donors (Lipinski definition) is 1. The van der Waals surface area contributed by atoms with Gasteiger partial charge in [0.05, 0.1) is 11.5 Å². The number of carbonyl (C=O) groups is 1. The predicted octanol–water partition coefficient (Wildman–Crippen LogP) is 2.21. The molecule has 94 valence electrons. The Balaban J connectivity index is 2.04. The van der Waals surface area contributed by atoms with E-state index in [2.05, 4.69) is 31.1 Å². The molecule has 0 aliphatic rings. The second kappa shape index (κ2) is 5.96. The van der Waals surface area contributed by atoms with Gasteiger partial charge in [-0.3, -0.25) is 9.78 Å². The van der Waals surface area contributed by atoms with Gasteiger partial charge < -0.3 is 9.63 Å². The molecule has 0 spiro atoms. The van der Waals surface area contributed by atoms with Crippen LogP contribution in [0.5, 0.6) is 0 Å². The van der Waals surface area contributed by atoms with E-state index in [1.165, 1.54) is 11.8 Å². The van der Waals surface area contributed by atoms with Crippen LogP contribution in [0.3, 0.4) is 0 Å². The highest BCUT2D eigenvalue weighted by molar-refractivity contribution is 9.10. The van der Waals surface area contributed by atoms with Crippen LogP contribution in [0.4, 0.5) is 0 Å². The molecule has 2 heterocycles. The molecule has 0 amide bonds. The number of rotatable bonds is 5. The molecule has 1 N–H and O–H groups in total. The molecule has 2 aromatic heterocycles. The fraction of sp³-hybridized carbons (Fsp3) is 0.200. The van der Waals surface area contributed by atoms with E-state index in [1.807, 2.05) is 6.07 Å². The van der Waals surface area contributed by atoms with Crippen LogP contribution in [0.2, 0.25) is 0 Å². The number of pyridine rings is 1. The zero-order chi connectivity index (χ0) is 13.0. The van der Waals surface area contributed by atoms with E-state index in [9.17, 15) is 4.79 Å². The fourth-order valence-electron chi connectivity index (χ4n) is 1.19. The summed E-state index contributed by atoms with van der Waals surface area (Å²) in [6, 6.07) is 1.83. The van der Waals surface area contributed by atoms with Crippen LogP contribution in [-0.2, 0) is 10.5 Å². The van der Waals surface area contributed by atoms with Crippen molar-refractivity contribution in [2.45, 2.75) is 5.75 Å². The topological polar surface area (TPSA) is 89.1 Å². The monoisotopic (exact) mass is 329 g/mol. The Morgan fingerprint density at radius 3 is 3.06 bits per heavy atom. The van der Waals surface area contributed by atoms with E-state index < -0.39 is 5.97 Å². The minimum absolute atomic E-state index is 0.0101. The molecule has 0 aromatic carbocycles. The number of nitrogens with zero attached hydrogens (tertiary/aromatic N) is 3. The highest BCUT2D eigenvalue weighted by Gasteiger charge is 2.10. The molecule has 0 aliphatic carbocycles. The maximum atomic E-state index is 10.4. The maximum absolute atomic E-state index is 10.4. The van der Waals surface area contributed by atoms with Crippen molar-refractivity contribution in [2.75, 3.05) is 5.75 Å². The zero-order valence-corrected chi connectivity index (χ0v) is 11.4. The van der Waals surface area contributed by atoms with Gasteiger partial charge in [-0.25, -0.2) is 0 Å². The van der Waals surface area contributed by atoms with Crippen molar-refractivity contribution in [2.24, 2.45) is 0 Å². The van der Waals surface area contributed by atoms with Gasteiger partial charge in [-0.2, -0.15) is 4.98 Å². The van der Waals surface area contributed by atoms with Gasteiger partial charge in [0.15, 0.2) is 0 Å². The summed E-state index contributed by atoms with van der Waals surface area (Å²) in [6.07, 6.45) is 3.29. The number of thioether (sulfide) groups is 1. The van der Waals surface area contributed by atoms with Gasteiger partial charge in [0.1, 0.15) is 0 Å². The molecule has 0 saturated carbocycles. The molecule has 8 heteroatoms. The van der Waals surface area contributed by atoms with Crippen LogP contribution in [0.25, 0.3) is 11.4 Å². The normalized spacial score (nSPS) is 10.5. The highest BCUT2D eigenvalue weighted by Crippen LogP contribution is 2.20. The van der Waals surface area contributed by atoms with E-state index in [4.69, 9.17) is 9.63 Å². The lowest BCUT2D eigenvalue weighted by atomic mass is 10.3. The van der Waals surface area contributed by atoms with Crippen molar-refractivity contribution in [1.82, 2.24) is 15.1 Å². The van der Waals surface area contributed by atoms with E-state index in [-0.39, 0.29) is 5.75 Å². The Hall–Kier alpha value is -1.41. The Bertz CT molecular complexity index is 561. The summed E-state index contributed by atoms with van der Waals surface area (Å²) in [4.78, 5) is 18.5. The van der Waals surface area contributed by atoms with Crippen molar-refractivity contribution in [3.05, 3.63) is 28.8 Å². The first-order valence-corrected chi connectivity index (χ1v) is 6.83. The van der Waals surface area contributed by atoms with Gasteiger partial charge in [-0.1, -0.05) is 5.16 Å². The fourth-order valence-corrected chi connectivity index (χ4v) is 2.12. The van der Waals surface area contributed by atoms with Gasteiger partial charge in [0, 0.05) is 22.4 Å². The summed E-state index contributed by atoms with van der Waals surface area (Å²) >= 11 is 4.51. The molecule has 0 unspecified atom stereocenters. The summed E-state index contributed by atoms with van der Waals surface area (Å²) < 4.78 is 5.85. The van der Waals surface area contributed by atoms with Crippen LogP contribution in [0, 0.1) is 0 Å². The van der Waals surface area contributed by atoms with Gasteiger partial charge in [-0.15, -0.1) is 11.8 Å². The number of aromatic nitrogens is 3. The predicted molar refractivity (Wildman–Crippen MR) is 69.0 cm³/mol. The van der Waals surface area contributed by atoms with Crippen LogP contribution in [-0.4, -0.2) is 32.0 Å². The van der Waals surface area contributed by atoms with Crippen molar-refractivity contribution in [1.29, 1.82) is 0 Å². The van der Waals surface area contributed by atoms with E-state index in [0.29, 0.717) is 17.5 Å². The molecule has 0 bridgehead atoms. The van der Waals surface area contributed by atoms with Crippen LogP contribution in [0.15, 0.2) is 27.5 Å². The lowest BCUT2D eigenvalue weighted by Gasteiger charge is -1.93. The molecule has 0 saturated heterocycles. The van der Waals surface area contributed by atoms with Crippen LogP contribution in [0.1, 0.15) is 5.89 Å². The molecular formula is C10H8BrN3O3S. The summed E-state index contributed by atoms with van der Waals surface area (Å²) in [5.41, 5.74) is 0.739. The van der Waals surface area contributed by atoms with E-state index in [0.717, 1.165) is 10.0 Å². The first kappa shape index (κ1) is 13.0. The number of carboxylic acid groups (broad SMARTS) is 1. The van der Waals surface area contributed by atoms with Crippen LogP contribution < -0.4 is 0 Å². The minimum atomic E-state index is -0.865. The molecule has 2 rings (SSSR count). The summed E-state index contributed by atoms with van der Waals surface area (Å²) in [5, 5.41) is 12.3. The lowest BCUT2D eigenvalue weighted by Crippen LogP contribution is -1.98. The summed E-state index contributed by atoms with van der Waals surface area (Å²) in [6.45, 7) is 0. The first-order chi connectivity index (χ1) is 8.65. The smallest absolute Gasteiger partial charge is 0.313 e. The van der Waals surface area contributed by atoms with Crippen molar-refractivity contribution >= 4 is 33.7 Å². The third-order valence-electron chi connectivity index (χ3n) is 1.88. The minimum Gasteiger partial charge on any atom is -0.481 e. The molecule has 18 heavy (non-hydrogen) atoms. The Labute approximate surface area is 115 Å². The number of aliphatic carboxylic acids is 1. The molecule has 2 aromatic rings. The van der Waals surface area contributed by atoms with Crippen LogP contribution >= 0.6 is 27.7 Å². The zero-order valence-electron chi connectivity index (χ0n) is 9.04. The molecule has 0 fully saturated rings. The van der Waals surface area contributed by atoms with Crippen molar-refractivity contribution in [3.8, 4) is 11.4 Å². The molecule has 0 radical (unpaired) electrons. The third-order valence-corrected chi connectivity index (χ3v) is 3.22. The standard InChI is InChI=1S/C10H8BrN3O3S/c11-7-1-6(2-12-3-7)10-13-8(17-14-10)4-18-5-9(15)16/h1-3H,4-5H2,(H,15,16). The average Bonchev–Trinajstić information content (AvgIpc) is 2.77. The van der Waals surface area contributed by atoms with Gasteiger partial charge >= 0.3 is 5.97 Å². The van der Waals surface area contributed by atoms with Gasteiger partial charge in [0.2, 0.25) is 11.7 Å². The third kappa shape index (κ3) is 3.54. The summed E-state index contributed by atoms with van der Waals surface area (Å²) in [7, 11) is 0. The van der Waals surface area contributed by atoms with E-state index >= 15 is 0 Å². The SMILES string of the molecule is O=C(O)CSCc1nc(-c2cncc(Br)c2)no1. The van der Waals surface area contributed by atoms with Crippen molar-refractivity contribution in [3.63, 3.8) is 0 Å². The first-order valence-electron chi connectivity index (χ1n) is 4.88. The Morgan fingerprint density at radius 1 is 1.50 bits per heavy atom. The van der Waals surface area contributed by atoms with Gasteiger partial charge in [-0.05, 0) is 22.0 Å². The van der Waals surface area contributed by atoms with E-state index in [1.54, 1.807) is 12.4 Å². The molecular weight excluding hydrogens is 322 g/mol. The lowest BCUT2D eigenvalue weighted by molar-refractivity contribution is -0.133. The molecule has 0 aliphatic heterocycles. The average molecular weight is 330 g/mol. The molecule has 6 nitrogen and oxygen atoms in total. The van der Waals surface area contributed by atoms with Gasteiger partial charge in [0.25, 0.3) is 0 Å². The second-order valence-electron chi connectivity index (χ2n) is 3.29. The molecule has 0 atom stereocenters. The number of halogens is 1. The number of carboxylic acids is 1. The Kier molecular flexibility index (Phi) is 4.32. The van der Waals surface area contributed by atoms with Crippen molar-refractivity contribution < 1.29 is 14.4 Å².